The van der Waals surface area contributed by atoms with Gasteiger partial charge in [-0.3, -0.25) is 9.59 Å². The van der Waals surface area contributed by atoms with Crippen LogP contribution in [-0.4, -0.2) is 35.0 Å². The van der Waals surface area contributed by atoms with E-state index in [4.69, 9.17) is 11.6 Å². The quantitative estimate of drug-likeness (QED) is 0.915. The van der Waals surface area contributed by atoms with E-state index in [1.807, 2.05) is 12.1 Å². The van der Waals surface area contributed by atoms with Gasteiger partial charge in [-0.25, -0.2) is 0 Å². The number of rotatable bonds is 4. The first-order valence-electron chi connectivity index (χ1n) is 8.24. The van der Waals surface area contributed by atoms with Crippen molar-refractivity contribution in [3.05, 3.63) is 34.9 Å². The molecule has 1 N–H and O–H groups in total. The third-order valence-electron chi connectivity index (χ3n) is 5.66. The van der Waals surface area contributed by atoms with E-state index < -0.39 is 11.9 Å². The maximum atomic E-state index is 12.9. The topological polar surface area (TPSA) is 57.6 Å². The second-order valence-corrected chi connectivity index (χ2v) is 7.24. The minimum atomic E-state index is -0.834. The normalized spacial score (nSPS) is 25.9. The van der Waals surface area contributed by atoms with Crippen LogP contribution in [0.3, 0.4) is 0 Å². The van der Waals surface area contributed by atoms with Gasteiger partial charge >= 0.3 is 5.97 Å². The van der Waals surface area contributed by atoms with Crippen molar-refractivity contribution >= 4 is 23.5 Å². The number of carboxylic acids is 1. The average molecular weight is 336 g/mol. The predicted octanol–water partition coefficient (Wildman–Crippen LogP) is 3.55. The van der Waals surface area contributed by atoms with Gasteiger partial charge in [-0.2, -0.15) is 0 Å². The number of likely N-dealkylation sites (tertiary alicyclic amines) is 1. The van der Waals surface area contributed by atoms with Gasteiger partial charge in [0, 0.05) is 29.4 Å². The summed E-state index contributed by atoms with van der Waals surface area (Å²) in [5.41, 5.74) is 0.703. The van der Waals surface area contributed by atoms with Crippen LogP contribution in [0.15, 0.2) is 24.3 Å². The number of amides is 1. The van der Waals surface area contributed by atoms with Crippen LogP contribution in [0.5, 0.6) is 0 Å². The smallest absolute Gasteiger partial charge is 0.308 e. The molecule has 0 bridgehead atoms. The Morgan fingerprint density at radius 2 is 1.91 bits per heavy atom. The Bertz CT molecular complexity index is 604. The fourth-order valence-corrected chi connectivity index (χ4v) is 4.05. The zero-order valence-electron chi connectivity index (χ0n) is 13.3. The van der Waals surface area contributed by atoms with E-state index in [0.29, 0.717) is 18.1 Å². The largest absolute Gasteiger partial charge is 0.481 e. The van der Waals surface area contributed by atoms with Gasteiger partial charge in [-0.05, 0) is 37.0 Å². The summed E-state index contributed by atoms with van der Waals surface area (Å²) in [6.07, 6.45) is 3.80. The number of halogens is 1. The van der Waals surface area contributed by atoms with Crippen LogP contribution in [0, 0.1) is 11.3 Å². The summed E-state index contributed by atoms with van der Waals surface area (Å²) in [5, 5.41) is 10.2. The third kappa shape index (κ3) is 2.85. The first kappa shape index (κ1) is 16.3. The summed E-state index contributed by atoms with van der Waals surface area (Å²) in [4.78, 5) is 26.3. The lowest BCUT2D eigenvalue weighted by atomic mass is 9.66. The van der Waals surface area contributed by atoms with Gasteiger partial charge in [0.2, 0.25) is 5.91 Å². The van der Waals surface area contributed by atoms with Gasteiger partial charge in [-0.1, -0.05) is 37.1 Å². The summed E-state index contributed by atoms with van der Waals surface area (Å²) in [6, 6.07) is 7.30. The minimum absolute atomic E-state index is 0.147. The molecular weight excluding hydrogens is 314 g/mol. The summed E-state index contributed by atoms with van der Waals surface area (Å²) in [6.45, 7) is 2.85. The Kier molecular flexibility index (Phi) is 4.37. The van der Waals surface area contributed by atoms with Crippen LogP contribution in [0.25, 0.3) is 0 Å². The summed E-state index contributed by atoms with van der Waals surface area (Å²) in [7, 11) is 0. The molecule has 0 radical (unpaired) electrons. The molecule has 2 aliphatic rings. The molecule has 0 aromatic heterocycles. The third-order valence-corrected chi connectivity index (χ3v) is 5.92. The molecule has 23 heavy (non-hydrogen) atoms. The molecule has 1 amide bonds. The van der Waals surface area contributed by atoms with Crippen molar-refractivity contribution in [1.29, 1.82) is 0 Å². The number of hydrogen-bond acceptors (Lipinski definition) is 2. The van der Waals surface area contributed by atoms with E-state index >= 15 is 0 Å². The number of nitrogens with zero attached hydrogens (tertiary/aromatic N) is 1. The molecule has 1 aliphatic carbocycles. The number of aliphatic carboxylic acids is 1. The lowest BCUT2D eigenvalue weighted by molar-refractivity contribution is -0.147. The molecule has 5 heteroatoms. The maximum absolute atomic E-state index is 12.9. The predicted molar refractivity (Wildman–Crippen MR) is 88.5 cm³/mol. The highest BCUT2D eigenvalue weighted by atomic mass is 35.5. The summed E-state index contributed by atoms with van der Waals surface area (Å²) >= 11 is 5.92. The van der Waals surface area contributed by atoms with Crippen LogP contribution in [0.1, 0.15) is 44.1 Å². The van der Waals surface area contributed by atoms with Gasteiger partial charge in [0.1, 0.15) is 0 Å². The van der Waals surface area contributed by atoms with E-state index in [1.165, 1.54) is 0 Å². The number of benzene rings is 1. The molecular formula is C18H22ClNO3. The Hall–Kier alpha value is -1.55. The summed E-state index contributed by atoms with van der Waals surface area (Å²) in [5.74, 6) is -1.40. The van der Waals surface area contributed by atoms with Crippen molar-refractivity contribution in [2.75, 3.05) is 13.1 Å². The van der Waals surface area contributed by atoms with Crippen molar-refractivity contribution in [1.82, 2.24) is 4.90 Å². The Morgan fingerprint density at radius 1 is 1.26 bits per heavy atom. The van der Waals surface area contributed by atoms with Gasteiger partial charge in [0.15, 0.2) is 0 Å². The molecule has 1 aromatic rings. The van der Waals surface area contributed by atoms with Crippen molar-refractivity contribution in [2.24, 2.45) is 11.3 Å². The molecule has 1 saturated heterocycles. The van der Waals surface area contributed by atoms with E-state index in [9.17, 15) is 14.7 Å². The number of carbonyl (C=O) groups is 2. The molecule has 2 fully saturated rings. The molecule has 1 heterocycles. The molecule has 4 nitrogen and oxygen atoms in total. The monoisotopic (exact) mass is 335 g/mol. The molecule has 2 atom stereocenters. The van der Waals surface area contributed by atoms with E-state index in [1.54, 1.807) is 17.0 Å². The van der Waals surface area contributed by atoms with Crippen LogP contribution in [0.4, 0.5) is 0 Å². The lowest BCUT2D eigenvalue weighted by Gasteiger charge is -2.42. The first-order chi connectivity index (χ1) is 11.0. The maximum Gasteiger partial charge on any atom is 0.308 e. The van der Waals surface area contributed by atoms with Crippen molar-refractivity contribution in [3.8, 4) is 0 Å². The van der Waals surface area contributed by atoms with Crippen molar-refractivity contribution < 1.29 is 14.7 Å². The second kappa shape index (κ2) is 6.16. The van der Waals surface area contributed by atoms with Gasteiger partial charge in [-0.15, -0.1) is 0 Å². The number of carboxylic acid groups (broad SMARTS) is 1. The highest BCUT2D eigenvalue weighted by Gasteiger charge is 2.49. The van der Waals surface area contributed by atoms with Crippen molar-refractivity contribution in [2.45, 2.75) is 38.5 Å². The standard InChI is InChI=1S/C18H22ClNO3/c1-2-18(8-3-9-18)17(23)20-10-14(15(11-20)16(21)22)12-4-6-13(19)7-5-12/h4-7,14-15H,2-3,8-11H2,1H3,(H,21,22)/t14-,15+/m0/s1. The minimum Gasteiger partial charge on any atom is -0.481 e. The van der Waals surface area contributed by atoms with Crippen LogP contribution in [0.2, 0.25) is 5.02 Å². The van der Waals surface area contributed by atoms with E-state index in [-0.39, 0.29) is 17.2 Å². The number of carbonyl (C=O) groups excluding carboxylic acids is 1. The zero-order chi connectivity index (χ0) is 16.6. The zero-order valence-corrected chi connectivity index (χ0v) is 14.1. The molecule has 1 saturated carbocycles. The Morgan fingerprint density at radius 3 is 2.39 bits per heavy atom. The molecule has 0 spiro atoms. The molecule has 124 valence electrons. The van der Waals surface area contributed by atoms with Gasteiger partial charge in [0.25, 0.3) is 0 Å². The molecule has 3 rings (SSSR count). The average Bonchev–Trinajstić information content (AvgIpc) is 2.92. The highest BCUT2D eigenvalue weighted by molar-refractivity contribution is 6.30. The molecule has 1 aromatic carbocycles. The fraction of sp³-hybridized carbons (Fsp3) is 0.556. The second-order valence-electron chi connectivity index (χ2n) is 6.80. The highest BCUT2D eigenvalue weighted by Crippen LogP contribution is 2.47. The Labute approximate surface area is 141 Å². The molecule has 1 aliphatic heterocycles. The van der Waals surface area contributed by atoms with Crippen LogP contribution < -0.4 is 0 Å². The lowest BCUT2D eigenvalue weighted by Crippen LogP contribution is -2.47. The fourth-order valence-electron chi connectivity index (χ4n) is 3.93. The van der Waals surface area contributed by atoms with E-state index in [2.05, 4.69) is 6.92 Å². The van der Waals surface area contributed by atoms with Gasteiger partial charge < -0.3 is 10.0 Å². The van der Waals surface area contributed by atoms with Crippen molar-refractivity contribution in [3.63, 3.8) is 0 Å². The Balaban J connectivity index is 1.82. The van der Waals surface area contributed by atoms with Crippen LogP contribution >= 0.6 is 11.6 Å². The van der Waals surface area contributed by atoms with Gasteiger partial charge in [0.05, 0.1) is 5.92 Å². The van der Waals surface area contributed by atoms with Crippen LogP contribution in [-0.2, 0) is 9.59 Å². The SMILES string of the molecule is CCC1(C(=O)N2C[C@@H](C(=O)O)[C@H](c3ccc(Cl)cc3)C2)CCC1. The van der Waals surface area contributed by atoms with E-state index in [0.717, 1.165) is 31.2 Å². The number of hydrogen-bond donors (Lipinski definition) is 1. The summed E-state index contributed by atoms with van der Waals surface area (Å²) < 4.78 is 0. The molecule has 0 unspecified atom stereocenters. The first-order valence-corrected chi connectivity index (χ1v) is 8.62.